The molecule has 0 aliphatic heterocycles. The van der Waals surface area contributed by atoms with Crippen LogP contribution in [0.1, 0.15) is 5.56 Å². The molecule has 0 saturated carbocycles. The third kappa shape index (κ3) is 2.28. The Bertz CT molecular complexity index is 511. The van der Waals surface area contributed by atoms with Crippen molar-refractivity contribution in [3.8, 4) is 0 Å². The molecule has 3 N–H and O–H groups in total. The number of pyridine rings is 1. The Morgan fingerprint density at radius 2 is 2.06 bits per heavy atom. The van der Waals surface area contributed by atoms with E-state index in [1.165, 1.54) is 6.07 Å². The minimum Gasteiger partial charge on any atom is -0.384 e. The summed E-state index contributed by atoms with van der Waals surface area (Å²) >= 11 is 0. The van der Waals surface area contributed by atoms with Gasteiger partial charge in [0, 0.05) is 18.0 Å². The van der Waals surface area contributed by atoms with Crippen molar-refractivity contribution in [1.29, 1.82) is 0 Å². The molecule has 1 heterocycles. The zero-order valence-corrected chi connectivity index (χ0v) is 8.87. The average molecular weight is 217 g/mol. The Balaban J connectivity index is 2.27. The van der Waals surface area contributed by atoms with E-state index in [1.807, 2.05) is 13.0 Å². The number of nitrogens with zero attached hydrogens (tertiary/aromatic N) is 1. The second-order valence-electron chi connectivity index (χ2n) is 3.58. The second kappa shape index (κ2) is 4.18. The minimum absolute atomic E-state index is 0.282. The molecule has 0 unspecified atom stereocenters. The largest absolute Gasteiger partial charge is 0.384 e. The molecule has 1 aromatic heterocycles. The minimum atomic E-state index is -0.282. The molecule has 0 saturated heterocycles. The van der Waals surface area contributed by atoms with Crippen LogP contribution in [0.4, 0.5) is 21.6 Å². The van der Waals surface area contributed by atoms with Crippen molar-refractivity contribution in [3.63, 3.8) is 0 Å². The molecule has 3 nitrogen and oxygen atoms in total. The van der Waals surface area contributed by atoms with Gasteiger partial charge in [-0.2, -0.15) is 0 Å². The summed E-state index contributed by atoms with van der Waals surface area (Å²) < 4.78 is 13.5. The van der Waals surface area contributed by atoms with Gasteiger partial charge in [-0.25, -0.2) is 9.37 Å². The number of nitrogens with two attached hydrogens (primary N) is 1. The number of hydrogen-bond donors (Lipinski definition) is 2. The summed E-state index contributed by atoms with van der Waals surface area (Å²) in [5.41, 5.74) is 7.56. The van der Waals surface area contributed by atoms with E-state index in [9.17, 15) is 4.39 Å². The Labute approximate surface area is 93.1 Å². The van der Waals surface area contributed by atoms with E-state index in [-0.39, 0.29) is 5.82 Å². The smallest absolute Gasteiger partial charge is 0.146 e. The van der Waals surface area contributed by atoms with Gasteiger partial charge in [-0.05, 0) is 30.7 Å². The highest BCUT2D eigenvalue weighted by Crippen LogP contribution is 2.21. The Morgan fingerprint density at radius 3 is 2.75 bits per heavy atom. The van der Waals surface area contributed by atoms with Gasteiger partial charge in [0.25, 0.3) is 0 Å². The van der Waals surface area contributed by atoms with E-state index >= 15 is 0 Å². The summed E-state index contributed by atoms with van der Waals surface area (Å²) in [6, 6.07) is 8.40. The van der Waals surface area contributed by atoms with Gasteiger partial charge in [-0.3, -0.25) is 0 Å². The van der Waals surface area contributed by atoms with E-state index < -0.39 is 0 Å². The van der Waals surface area contributed by atoms with Crippen LogP contribution in [0, 0.1) is 12.7 Å². The van der Waals surface area contributed by atoms with Crippen LogP contribution in [-0.2, 0) is 0 Å². The SMILES string of the molecule is Cc1ccc(Nc2ccnc(N)c2)c(F)c1. The van der Waals surface area contributed by atoms with Crippen molar-refractivity contribution >= 4 is 17.2 Å². The van der Waals surface area contributed by atoms with Gasteiger partial charge in [0.2, 0.25) is 0 Å². The van der Waals surface area contributed by atoms with Crippen molar-refractivity contribution in [2.45, 2.75) is 6.92 Å². The van der Waals surface area contributed by atoms with Crippen molar-refractivity contribution in [1.82, 2.24) is 4.98 Å². The van der Waals surface area contributed by atoms with Gasteiger partial charge in [-0.15, -0.1) is 0 Å². The van der Waals surface area contributed by atoms with E-state index in [2.05, 4.69) is 10.3 Å². The van der Waals surface area contributed by atoms with Crippen LogP contribution in [0.3, 0.4) is 0 Å². The fourth-order valence-electron chi connectivity index (χ4n) is 1.40. The van der Waals surface area contributed by atoms with E-state index in [0.29, 0.717) is 11.5 Å². The van der Waals surface area contributed by atoms with Crippen LogP contribution in [0.5, 0.6) is 0 Å². The molecule has 16 heavy (non-hydrogen) atoms. The number of halogens is 1. The van der Waals surface area contributed by atoms with E-state index in [0.717, 1.165) is 11.3 Å². The molecule has 82 valence electrons. The highest BCUT2D eigenvalue weighted by Gasteiger charge is 2.02. The molecule has 2 rings (SSSR count). The summed E-state index contributed by atoms with van der Waals surface area (Å²) in [4.78, 5) is 3.86. The molecule has 0 atom stereocenters. The van der Waals surface area contributed by atoms with Crippen LogP contribution in [-0.4, -0.2) is 4.98 Å². The summed E-state index contributed by atoms with van der Waals surface area (Å²) in [6.07, 6.45) is 1.57. The standard InChI is InChI=1S/C12H12FN3/c1-8-2-3-11(10(13)6-8)16-9-4-5-15-12(14)7-9/h2-7H,1H3,(H3,14,15,16). The number of benzene rings is 1. The van der Waals surface area contributed by atoms with Crippen molar-refractivity contribution in [2.24, 2.45) is 0 Å². The van der Waals surface area contributed by atoms with Crippen molar-refractivity contribution in [2.75, 3.05) is 11.1 Å². The maximum Gasteiger partial charge on any atom is 0.146 e. The molecular weight excluding hydrogens is 205 g/mol. The molecule has 0 aliphatic rings. The number of aromatic nitrogens is 1. The van der Waals surface area contributed by atoms with Crippen LogP contribution in [0.25, 0.3) is 0 Å². The van der Waals surface area contributed by atoms with Gasteiger partial charge in [0.05, 0.1) is 5.69 Å². The Kier molecular flexibility index (Phi) is 2.72. The van der Waals surface area contributed by atoms with Gasteiger partial charge in [0.1, 0.15) is 11.6 Å². The number of rotatable bonds is 2. The molecule has 2 aromatic rings. The quantitative estimate of drug-likeness (QED) is 0.813. The number of anilines is 3. The zero-order valence-electron chi connectivity index (χ0n) is 8.87. The monoisotopic (exact) mass is 217 g/mol. The molecule has 0 amide bonds. The van der Waals surface area contributed by atoms with Crippen molar-refractivity contribution < 1.29 is 4.39 Å². The number of nitrogens with one attached hydrogen (secondary N) is 1. The fraction of sp³-hybridized carbons (Fsp3) is 0.0833. The lowest BCUT2D eigenvalue weighted by atomic mass is 10.2. The molecule has 1 aromatic carbocycles. The molecule has 4 heteroatoms. The predicted octanol–water partition coefficient (Wildman–Crippen LogP) is 2.85. The van der Waals surface area contributed by atoms with Crippen LogP contribution in [0.15, 0.2) is 36.5 Å². The van der Waals surface area contributed by atoms with Crippen LogP contribution in [0.2, 0.25) is 0 Å². The topological polar surface area (TPSA) is 50.9 Å². The number of hydrogen-bond acceptors (Lipinski definition) is 3. The third-order valence-corrected chi connectivity index (χ3v) is 2.18. The lowest BCUT2D eigenvalue weighted by Gasteiger charge is -2.08. The lowest BCUT2D eigenvalue weighted by Crippen LogP contribution is -1.96. The maximum atomic E-state index is 13.5. The lowest BCUT2D eigenvalue weighted by molar-refractivity contribution is 0.631. The molecule has 0 aliphatic carbocycles. The van der Waals surface area contributed by atoms with Gasteiger partial charge in [0.15, 0.2) is 0 Å². The van der Waals surface area contributed by atoms with Crippen LogP contribution < -0.4 is 11.1 Å². The molecule has 0 bridgehead atoms. The first-order chi connectivity index (χ1) is 7.65. The summed E-state index contributed by atoms with van der Waals surface area (Å²) in [5.74, 6) is 0.118. The highest BCUT2D eigenvalue weighted by molar-refractivity contribution is 5.62. The van der Waals surface area contributed by atoms with E-state index in [1.54, 1.807) is 24.4 Å². The number of aryl methyl sites for hydroxylation is 1. The molecule has 0 spiro atoms. The van der Waals surface area contributed by atoms with Crippen molar-refractivity contribution in [3.05, 3.63) is 47.9 Å². The summed E-state index contributed by atoms with van der Waals surface area (Å²) in [7, 11) is 0. The predicted molar refractivity (Wildman–Crippen MR) is 63.1 cm³/mol. The van der Waals surface area contributed by atoms with Gasteiger partial charge in [-0.1, -0.05) is 6.07 Å². The maximum absolute atomic E-state index is 13.5. The molecule has 0 fully saturated rings. The summed E-state index contributed by atoms with van der Waals surface area (Å²) in [5, 5.41) is 2.95. The summed E-state index contributed by atoms with van der Waals surface area (Å²) in [6.45, 7) is 1.84. The molecular formula is C12H12FN3. The Morgan fingerprint density at radius 1 is 1.25 bits per heavy atom. The van der Waals surface area contributed by atoms with Gasteiger partial charge < -0.3 is 11.1 Å². The highest BCUT2D eigenvalue weighted by atomic mass is 19.1. The van der Waals surface area contributed by atoms with E-state index in [4.69, 9.17) is 5.73 Å². The first kappa shape index (κ1) is 10.4. The molecule has 0 radical (unpaired) electrons. The average Bonchev–Trinajstić information content (AvgIpc) is 2.22. The fourth-order valence-corrected chi connectivity index (χ4v) is 1.40. The van der Waals surface area contributed by atoms with Gasteiger partial charge >= 0.3 is 0 Å². The first-order valence-electron chi connectivity index (χ1n) is 4.90. The first-order valence-corrected chi connectivity index (χ1v) is 4.90. The zero-order chi connectivity index (χ0) is 11.5. The second-order valence-corrected chi connectivity index (χ2v) is 3.58. The number of nitrogen functional groups attached to an aromatic ring is 1. The Hall–Kier alpha value is -2.10. The normalized spacial score (nSPS) is 10.1. The van der Waals surface area contributed by atoms with Crippen LogP contribution >= 0.6 is 0 Å². The third-order valence-electron chi connectivity index (χ3n) is 2.18.